The molecule has 0 bridgehead atoms. The van der Waals surface area contributed by atoms with Gasteiger partial charge in [-0.05, 0) is 37.3 Å². The van der Waals surface area contributed by atoms with Gasteiger partial charge in [-0.15, -0.1) is 17.5 Å². The number of nitrogens with two attached hydrogens (primary N) is 1. The molecule has 124 valence electrons. The summed E-state index contributed by atoms with van der Waals surface area (Å²) in [6, 6.07) is 13.9. The maximum Gasteiger partial charge on any atom is 0.231 e. The molecule has 2 aromatic carbocycles. The van der Waals surface area contributed by atoms with Gasteiger partial charge < -0.3 is 15.2 Å². The van der Waals surface area contributed by atoms with Crippen LogP contribution in [0.4, 0.5) is 0 Å². The predicted octanol–water partition coefficient (Wildman–Crippen LogP) is 2.85. The fourth-order valence-corrected chi connectivity index (χ4v) is 2.65. The topological polar surface area (TPSA) is 75.2 Å². The number of hydrogen-bond acceptors (Lipinski definition) is 5. The number of ether oxygens (including phenoxy) is 2. The lowest BCUT2D eigenvalue weighted by Gasteiger charge is -2.09. The Kier molecular flexibility index (Phi) is 4.42. The summed E-state index contributed by atoms with van der Waals surface area (Å²) in [6.07, 6.45) is 0. The van der Waals surface area contributed by atoms with E-state index in [1.807, 2.05) is 42.5 Å². The van der Waals surface area contributed by atoms with Crippen LogP contribution < -0.4 is 15.2 Å². The normalized spacial score (nSPS) is 12.1. The SMILES string of the molecule is Cc1ccc(-n2nnc(CN)c2-c2ccc3c(c2)OCO3)cc1.Cl. The molecular weight excluding hydrogens is 328 g/mol. The van der Waals surface area contributed by atoms with Crippen LogP contribution in [0.5, 0.6) is 11.5 Å². The van der Waals surface area contributed by atoms with Crippen molar-refractivity contribution >= 4 is 12.4 Å². The van der Waals surface area contributed by atoms with Crippen LogP contribution in [0, 0.1) is 6.92 Å². The van der Waals surface area contributed by atoms with Crippen molar-refractivity contribution in [2.75, 3.05) is 6.79 Å². The smallest absolute Gasteiger partial charge is 0.231 e. The minimum absolute atomic E-state index is 0. The van der Waals surface area contributed by atoms with Crippen LogP contribution in [0.15, 0.2) is 42.5 Å². The Bertz CT molecular complexity index is 862. The Hall–Kier alpha value is -2.57. The summed E-state index contributed by atoms with van der Waals surface area (Å²) >= 11 is 0. The zero-order valence-corrected chi connectivity index (χ0v) is 13.9. The molecule has 2 N–H and O–H groups in total. The van der Waals surface area contributed by atoms with E-state index in [-0.39, 0.29) is 19.2 Å². The Morgan fingerprint density at radius 3 is 2.58 bits per heavy atom. The molecule has 0 saturated heterocycles. The summed E-state index contributed by atoms with van der Waals surface area (Å²) in [6.45, 7) is 2.61. The number of nitrogens with zero attached hydrogens (tertiary/aromatic N) is 3. The first-order valence-electron chi connectivity index (χ1n) is 7.38. The van der Waals surface area contributed by atoms with Gasteiger partial charge in [0.2, 0.25) is 6.79 Å². The van der Waals surface area contributed by atoms with E-state index in [1.54, 1.807) is 4.68 Å². The van der Waals surface area contributed by atoms with Gasteiger partial charge in [-0.3, -0.25) is 0 Å². The van der Waals surface area contributed by atoms with Crippen molar-refractivity contribution in [3.05, 3.63) is 53.7 Å². The Labute approximate surface area is 145 Å². The molecule has 0 spiro atoms. The second-order valence-electron chi connectivity index (χ2n) is 5.40. The standard InChI is InChI=1S/C17H16N4O2.ClH/c1-11-2-5-13(6-3-11)21-17(14(9-18)19-20-21)12-4-7-15-16(8-12)23-10-22-15;/h2-8H,9-10,18H2,1H3;1H. The molecule has 6 nitrogen and oxygen atoms in total. The molecule has 0 unspecified atom stereocenters. The highest BCUT2D eigenvalue weighted by atomic mass is 35.5. The molecule has 0 aliphatic carbocycles. The van der Waals surface area contributed by atoms with Gasteiger partial charge in [0.1, 0.15) is 5.69 Å². The molecule has 0 amide bonds. The Morgan fingerprint density at radius 1 is 1.08 bits per heavy atom. The molecule has 3 aromatic rings. The van der Waals surface area contributed by atoms with Crippen molar-refractivity contribution in [2.24, 2.45) is 5.73 Å². The molecule has 4 rings (SSSR count). The molecule has 24 heavy (non-hydrogen) atoms. The van der Waals surface area contributed by atoms with E-state index >= 15 is 0 Å². The average molecular weight is 345 g/mol. The minimum Gasteiger partial charge on any atom is -0.454 e. The van der Waals surface area contributed by atoms with E-state index < -0.39 is 0 Å². The highest BCUT2D eigenvalue weighted by Gasteiger charge is 2.19. The van der Waals surface area contributed by atoms with Crippen molar-refractivity contribution in [1.82, 2.24) is 15.0 Å². The monoisotopic (exact) mass is 344 g/mol. The van der Waals surface area contributed by atoms with Crippen LogP contribution in [-0.2, 0) is 6.54 Å². The largest absolute Gasteiger partial charge is 0.454 e. The second-order valence-corrected chi connectivity index (χ2v) is 5.40. The zero-order valence-electron chi connectivity index (χ0n) is 13.1. The second kappa shape index (κ2) is 6.51. The Morgan fingerprint density at radius 2 is 1.83 bits per heavy atom. The average Bonchev–Trinajstić information content (AvgIpc) is 3.21. The van der Waals surface area contributed by atoms with Gasteiger partial charge in [-0.25, -0.2) is 4.68 Å². The summed E-state index contributed by atoms with van der Waals surface area (Å²) in [5, 5.41) is 8.49. The van der Waals surface area contributed by atoms with E-state index in [1.165, 1.54) is 5.56 Å². The molecule has 1 aliphatic rings. The summed E-state index contributed by atoms with van der Waals surface area (Å²) in [5.74, 6) is 1.47. The quantitative estimate of drug-likeness (QED) is 0.790. The van der Waals surface area contributed by atoms with E-state index in [4.69, 9.17) is 15.2 Å². The number of rotatable bonds is 3. The third kappa shape index (κ3) is 2.70. The zero-order chi connectivity index (χ0) is 15.8. The highest BCUT2D eigenvalue weighted by Crippen LogP contribution is 2.37. The number of aromatic nitrogens is 3. The van der Waals surface area contributed by atoms with Crippen molar-refractivity contribution in [2.45, 2.75) is 13.5 Å². The van der Waals surface area contributed by atoms with E-state index in [0.29, 0.717) is 6.54 Å². The molecule has 1 aromatic heterocycles. The van der Waals surface area contributed by atoms with Gasteiger partial charge in [-0.1, -0.05) is 22.9 Å². The number of halogens is 1. The number of benzene rings is 2. The van der Waals surface area contributed by atoms with Crippen molar-refractivity contribution in [3.63, 3.8) is 0 Å². The lowest BCUT2D eigenvalue weighted by atomic mass is 10.1. The third-order valence-electron chi connectivity index (χ3n) is 3.86. The lowest BCUT2D eigenvalue weighted by molar-refractivity contribution is 0.174. The first-order chi connectivity index (χ1) is 11.3. The number of hydrogen-bond donors (Lipinski definition) is 1. The van der Waals surface area contributed by atoms with Crippen LogP contribution in [0.2, 0.25) is 0 Å². The maximum absolute atomic E-state index is 5.84. The molecule has 2 heterocycles. The van der Waals surface area contributed by atoms with Crippen molar-refractivity contribution in [3.8, 4) is 28.4 Å². The van der Waals surface area contributed by atoms with Crippen LogP contribution in [0.3, 0.4) is 0 Å². The van der Waals surface area contributed by atoms with Gasteiger partial charge in [0.25, 0.3) is 0 Å². The van der Waals surface area contributed by atoms with Crippen LogP contribution >= 0.6 is 12.4 Å². The first-order valence-corrected chi connectivity index (χ1v) is 7.38. The summed E-state index contributed by atoms with van der Waals surface area (Å²) < 4.78 is 12.6. The predicted molar refractivity (Wildman–Crippen MR) is 92.8 cm³/mol. The van der Waals surface area contributed by atoms with E-state index in [0.717, 1.165) is 34.1 Å². The number of fused-ring (bicyclic) bond motifs is 1. The summed E-state index contributed by atoms with van der Waals surface area (Å²) in [5.41, 5.74) is 10.5. The van der Waals surface area contributed by atoms with Gasteiger partial charge in [-0.2, -0.15) is 0 Å². The van der Waals surface area contributed by atoms with Crippen molar-refractivity contribution in [1.29, 1.82) is 0 Å². The van der Waals surface area contributed by atoms with Crippen LogP contribution in [0.1, 0.15) is 11.3 Å². The van der Waals surface area contributed by atoms with Gasteiger partial charge >= 0.3 is 0 Å². The molecule has 0 radical (unpaired) electrons. The number of aryl methyl sites for hydroxylation is 1. The molecule has 1 aliphatic heterocycles. The fraction of sp³-hybridized carbons (Fsp3) is 0.176. The van der Waals surface area contributed by atoms with E-state index in [9.17, 15) is 0 Å². The summed E-state index contributed by atoms with van der Waals surface area (Å²) in [7, 11) is 0. The molecule has 0 saturated carbocycles. The van der Waals surface area contributed by atoms with Crippen LogP contribution in [-0.4, -0.2) is 21.8 Å². The van der Waals surface area contributed by atoms with Crippen LogP contribution in [0.25, 0.3) is 16.9 Å². The maximum atomic E-state index is 5.84. The molecule has 0 fully saturated rings. The van der Waals surface area contributed by atoms with Crippen molar-refractivity contribution < 1.29 is 9.47 Å². The third-order valence-corrected chi connectivity index (χ3v) is 3.86. The van der Waals surface area contributed by atoms with E-state index in [2.05, 4.69) is 17.2 Å². The highest BCUT2D eigenvalue weighted by molar-refractivity contribution is 5.85. The molecular formula is C17H17ClN4O2. The minimum atomic E-state index is 0. The summed E-state index contributed by atoms with van der Waals surface area (Å²) in [4.78, 5) is 0. The Balaban J connectivity index is 0.00000169. The fourth-order valence-electron chi connectivity index (χ4n) is 2.65. The van der Waals surface area contributed by atoms with Gasteiger partial charge in [0, 0.05) is 12.1 Å². The molecule has 0 atom stereocenters. The molecule has 7 heteroatoms. The van der Waals surface area contributed by atoms with Gasteiger partial charge in [0.05, 0.1) is 11.4 Å². The first kappa shape index (κ1) is 16.3. The lowest BCUT2D eigenvalue weighted by Crippen LogP contribution is -2.02. The van der Waals surface area contributed by atoms with Gasteiger partial charge in [0.15, 0.2) is 11.5 Å².